The highest BCUT2D eigenvalue weighted by Crippen LogP contribution is 2.26. The van der Waals surface area contributed by atoms with E-state index in [1.54, 1.807) is 30.4 Å². The van der Waals surface area contributed by atoms with Crippen molar-refractivity contribution in [3.8, 4) is 5.75 Å². The molecular weight excluding hydrogens is 308 g/mol. The van der Waals surface area contributed by atoms with Crippen LogP contribution in [-0.4, -0.2) is 36.2 Å². The predicted octanol–water partition coefficient (Wildman–Crippen LogP) is 2.62. The molecule has 1 aromatic rings. The number of ether oxygens (including phenoxy) is 2. The van der Waals surface area contributed by atoms with Crippen molar-refractivity contribution in [3.63, 3.8) is 0 Å². The highest BCUT2D eigenvalue weighted by atomic mass is 16.5. The minimum Gasteiger partial charge on any atom is -0.496 e. The Morgan fingerprint density at radius 3 is 2.92 bits per heavy atom. The van der Waals surface area contributed by atoms with Crippen molar-refractivity contribution in [2.75, 3.05) is 7.11 Å². The van der Waals surface area contributed by atoms with Crippen molar-refractivity contribution in [2.45, 2.75) is 37.9 Å². The third-order valence-electron chi connectivity index (χ3n) is 3.85. The van der Waals surface area contributed by atoms with Gasteiger partial charge in [-0.15, -0.1) is 6.58 Å². The van der Waals surface area contributed by atoms with Gasteiger partial charge in [0.25, 0.3) is 0 Å². The van der Waals surface area contributed by atoms with Crippen LogP contribution in [0.5, 0.6) is 5.75 Å². The zero-order valence-corrected chi connectivity index (χ0v) is 13.7. The fourth-order valence-corrected chi connectivity index (χ4v) is 2.74. The van der Waals surface area contributed by atoms with Gasteiger partial charge < -0.3 is 14.6 Å². The maximum Gasteiger partial charge on any atom is 0.342 e. The lowest BCUT2D eigenvalue weighted by molar-refractivity contribution is -0.116. The molecule has 1 N–H and O–H groups in total. The van der Waals surface area contributed by atoms with Crippen LogP contribution in [0.1, 0.15) is 35.2 Å². The number of benzene rings is 1. The summed E-state index contributed by atoms with van der Waals surface area (Å²) in [5.41, 5.74) is 1.07. The van der Waals surface area contributed by atoms with Crippen molar-refractivity contribution in [1.82, 2.24) is 0 Å². The normalized spacial score (nSPS) is 23.2. The molecule has 0 saturated carbocycles. The maximum absolute atomic E-state index is 12.6. The lowest BCUT2D eigenvalue weighted by atomic mass is 10.00. The van der Waals surface area contributed by atoms with Crippen LogP contribution in [0.2, 0.25) is 0 Å². The molecular formula is C19H22O5. The number of carbonyl (C=O) groups excluding carboxylic acids is 2. The summed E-state index contributed by atoms with van der Waals surface area (Å²) in [5.74, 6) is -0.231. The van der Waals surface area contributed by atoms with E-state index in [0.717, 1.165) is 5.56 Å². The Balaban J connectivity index is 2.42. The van der Waals surface area contributed by atoms with Gasteiger partial charge in [0.2, 0.25) is 0 Å². The highest BCUT2D eigenvalue weighted by Gasteiger charge is 2.24. The minimum absolute atomic E-state index is 0.00661. The number of esters is 1. The van der Waals surface area contributed by atoms with Gasteiger partial charge in [0.1, 0.15) is 17.4 Å². The third-order valence-corrected chi connectivity index (χ3v) is 3.85. The molecule has 0 aromatic heterocycles. The first-order valence-electron chi connectivity index (χ1n) is 7.90. The molecule has 24 heavy (non-hydrogen) atoms. The largest absolute Gasteiger partial charge is 0.496 e. The number of cyclic esters (lactones) is 1. The summed E-state index contributed by atoms with van der Waals surface area (Å²) in [7, 11) is 1.49. The number of fused-ring (bicyclic) bond motifs is 1. The summed E-state index contributed by atoms with van der Waals surface area (Å²) in [6.45, 7) is 3.65. The first-order valence-corrected chi connectivity index (χ1v) is 7.90. The molecule has 5 heteroatoms. The highest BCUT2D eigenvalue weighted by molar-refractivity contribution is 5.95. The Bertz CT molecular complexity index is 647. The predicted molar refractivity (Wildman–Crippen MR) is 90.1 cm³/mol. The summed E-state index contributed by atoms with van der Waals surface area (Å²) in [5, 5.41) is 10.0. The van der Waals surface area contributed by atoms with Crippen LogP contribution in [0.4, 0.5) is 0 Å². The van der Waals surface area contributed by atoms with Crippen molar-refractivity contribution in [1.29, 1.82) is 0 Å². The standard InChI is InChI=1S/C19H22O5/c1-3-6-16-12-15(21)11-14(20)9-4-7-13-8-5-10-17(23-2)18(13)19(22)24-16/h3-5,8-10,15-16,21H,1,6-7,11-12H2,2H3/b9-4+/t15?,16-/m0/s1. The maximum atomic E-state index is 12.6. The second-order valence-electron chi connectivity index (χ2n) is 5.71. The molecule has 1 aliphatic rings. The quantitative estimate of drug-likeness (QED) is 0.681. The molecule has 1 aliphatic heterocycles. The smallest absolute Gasteiger partial charge is 0.342 e. The number of rotatable bonds is 3. The number of aliphatic hydroxyl groups excluding tert-OH is 1. The number of allylic oxidation sites excluding steroid dienone is 2. The molecule has 2 rings (SSSR count). The minimum atomic E-state index is -0.864. The first kappa shape index (κ1) is 17.9. The molecule has 1 aromatic carbocycles. The molecule has 1 unspecified atom stereocenters. The average molecular weight is 330 g/mol. The third kappa shape index (κ3) is 4.55. The van der Waals surface area contributed by atoms with Gasteiger partial charge >= 0.3 is 5.97 Å². The molecule has 0 amide bonds. The van der Waals surface area contributed by atoms with E-state index in [0.29, 0.717) is 24.2 Å². The van der Waals surface area contributed by atoms with Crippen LogP contribution in [0.25, 0.3) is 0 Å². The van der Waals surface area contributed by atoms with Gasteiger partial charge in [0.05, 0.1) is 13.2 Å². The van der Waals surface area contributed by atoms with Gasteiger partial charge in [-0.1, -0.05) is 24.3 Å². The van der Waals surface area contributed by atoms with Crippen LogP contribution in [0.3, 0.4) is 0 Å². The molecule has 128 valence electrons. The van der Waals surface area contributed by atoms with Gasteiger partial charge in [-0.05, 0) is 24.1 Å². The fraction of sp³-hybridized carbons (Fsp3) is 0.368. The summed E-state index contributed by atoms with van der Waals surface area (Å²) < 4.78 is 10.8. The van der Waals surface area contributed by atoms with Gasteiger partial charge in [0, 0.05) is 19.3 Å². The lowest BCUT2D eigenvalue weighted by Crippen LogP contribution is -2.26. The zero-order valence-electron chi connectivity index (χ0n) is 13.7. The molecule has 0 radical (unpaired) electrons. The van der Waals surface area contributed by atoms with E-state index < -0.39 is 18.2 Å². The summed E-state index contributed by atoms with van der Waals surface area (Å²) >= 11 is 0. The molecule has 0 saturated heterocycles. The summed E-state index contributed by atoms with van der Waals surface area (Å²) in [6, 6.07) is 5.28. The molecule has 1 heterocycles. The number of aliphatic hydroxyl groups is 1. The molecule has 0 spiro atoms. The van der Waals surface area contributed by atoms with E-state index in [4.69, 9.17) is 9.47 Å². The monoisotopic (exact) mass is 330 g/mol. The van der Waals surface area contributed by atoms with E-state index in [-0.39, 0.29) is 18.6 Å². The van der Waals surface area contributed by atoms with Crippen molar-refractivity contribution in [3.05, 3.63) is 54.1 Å². The van der Waals surface area contributed by atoms with Crippen molar-refractivity contribution < 1.29 is 24.2 Å². The van der Waals surface area contributed by atoms with Gasteiger partial charge in [-0.3, -0.25) is 4.79 Å². The van der Waals surface area contributed by atoms with Gasteiger partial charge in [0.15, 0.2) is 5.78 Å². The summed E-state index contributed by atoms with van der Waals surface area (Å²) in [4.78, 5) is 24.5. The Labute approximate surface area is 141 Å². The van der Waals surface area contributed by atoms with Gasteiger partial charge in [-0.25, -0.2) is 4.79 Å². The number of methoxy groups -OCH3 is 1. The zero-order chi connectivity index (χ0) is 17.5. The van der Waals surface area contributed by atoms with Crippen LogP contribution < -0.4 is 4.74 Å². The SMILES string of the molecule is C=CC[C@H]1CC(O)CC(=O)/C=C/Cc2cccc(OC)c2C(=O)O1. The van der Waals surface area contributed by atoms with E-state index in [2.05, 4.69) is 6.58 Å². The molecule has 2 atom stereocenters. The second-order valence-corrected chi connectivity index (χ2v) is 5.71. The number of hydrogen-bond acceptors (Lipinski definition) is 5. The fourth-order valence-electron chi connectivity index (χ4n) is 2.74. The van der Waals surface area contributed by atoms with Crippen molar-refractivity contribution >= 4 is 11.8 Å². The Morgan fingerprint density at radius 2 is 2.21 bits per heavy atom. The van der Waals surface area contributed by atoms with E-state index in [1.807, 2.05) is 0 Å². The van der Waals surface area contributed by atoms with Crippen LogP contribution >= 0.6 is 0 Å². The van der Waals surface area contributed by atoms with Crippen LogP contribution in [-0.2, 0) is 16.0 Å². The Hall–Kier alpha value is -2.40. The van der Waals surface area contributed by atoms with Crippen LogP contribution in [0, 0.1) is 0 Å². The average Bonchev–Trinajstić information content (AvgIpc) is 2.53. The number of hydrogen-bond donors (Lipinski definition) is 1. The molecule has 0 fully saturated rings. The lowest BCUT2D eigenvalue weighted by Gasteiger charge is -2.21. The topological polar surface area (TPSA) is 72.8 Å². The van der Waals surface area contributed by atoms with Crippen molar-refractivity contribution in [2.24, 2.45) is 0 Å². The molecule has 0 aliphatic carbocycles. The number of carbonyl (C=O) groups is 2. The second kappa shape index (κ2) is 8.45. The van der Waals surface area contributed by atoms with Crippen LogP contribution in [0.15, 0.2) is 43.0 Å². The van der Waals surface area contributed by atoms with E-state index >= 15 is 0 Å². The first-order chi connectivity index (χ1) is 11.5. The summed E-state index contributed by atoms with van der Waals surface area (Å²) in [6.07, 6.45) is 4.34. The molecule has 0 bridgehead atoms. The van der Waals surface area contributed by atoms with E-state index in [1.165, 1.54) is 13.2 Å². The molecule has 5 nitrogen and oxygen atoms in total. The Kier molecular flexibility index (Phi) is 6.32. The van der Waals surface area contributed by atoms with Gasteiger partial charge in [-0.2, -0.15) is 0 Å². The van der Waals surface area contributed by atoms with E-state index in [9.17, 15) is 14.7 Å². The number of ketones is 1. The Morgan fingerprint density at radius 1 is 1.42 bits per heavy atom.